The highest BCUT2D eigenvalue weighted by Gasteiger charge is 2.23. The first-order valence-electron chi connectivity index (χ1n) is 8.72. The van der Waals surface area contributed by atoms with Crippen molar-refractivity contribution in [2.75, 3.05) is 37.8 Å². The largest absolute Gasteiger partial charge is 0.486 e. The number of hydrogen-bond donors (Lipinski definition) is 1. The van der Waals surface area contributed by atoms with Crippen molar-refractivity contribution in [3.63, 3.8) is 0 Å². The van der Waals surface area contributed by atoms with Crippen molar-refractivity contribution in [2.45, 2.75) is 17.9 Å². The van der Waals surface area contributed by atoms with Gasteiger partial charge in [-0.1, -0.05) is 25.1 Å². The highest BCUT2D eigenvalue weighted by atomic mass is 32.2. The van der Waals surface area contributed by atoms with Gasteiger partial charge in [0.05, 0.1) is 6.54 Å². The fourth-order valence-corrected chi connectivity index (χ4v) is 3.31. The van der Waals surface area contributed by atoms with Crippen molar-refractivity contribution < 1.29 is 14.3 Å². The zero-order valence-corrected chi connectivity index (χ0v) is 15.9. The first-order chi connectivity index (χ1) is 12.7. The van der Waals surface area contributed by atoms with Crippen molar-refractivity contribution in [1.82, 2.24) is 4.90 Å². The van der Waals surface area contributed by atoms with E-state index in [1.54, 1.807) is 11.8 Å². The molecule has 138 valence electrons. The maximum atomic E-state index is 12.4. The number of carbonyl (C=O) groups is 1. The van der Waals surface area contributed by atoms with Crippen LogP contribution in [0.5, 0.6) is 11.5 Å². The van der Waals surface area contributed by atoms with Gasteiger partial charge in [-0.25, -0.2) is 0 Å². The molecule has 1 N–H and O–H groups in total. The van der Waals surface area contributed by atoms with Crippen molar-refractivity contribution >= 4 is 23.4 Å². The van der Waals surface area contributed by atoms with Gasteiger partial charge in [0.25, 0.3) is 0 Å². The molecule has 0 saturated carbocycles. The van der Waals surface area contributed by atoms with E-state index in [2.05, 4.69) is 10.2 Å². The summed E-state index contributed by atoms with van der Waals surface area (Å²) in [6.45, 7) is 4.26. The molecule has 0 bridgehead atoms. The molecule has 0 saturated heterocycles. The second-order valence-corrected chi connectivity index (χ2v) is 6.99. The number of rotatable bonds is 7. The molecule has 26 heavy (non-hydrogen) atoms. The van der Waals surface area contributed by atoms with Gasteiger partial charge in [-0.2, -0.15) is 0 Å². The average Bonchev–Trinajstić information content (AvgIpc) is 2.67. The molecular weight excluding hydrogens is 348 g/mol. The number of benzene rings is 2. The Morgan fingerprint density at radius 3 is 2.81 bits per heavy atom. The summed E-state index contributed by atoms with van der Waals surface area (Å²) in [6, 6.07) is 15.5. The summed E-state index contributed by atoms with van der Waals surface area (Å²) in [6.07, 6.45) is 1.93. The molecular formula is C20H24N2O3S. The second-order valence-electron chi connectivity index (χ2n) is 6.11. The Balaban J connectivity index is 1.53. The first kappa shape index (κ1) is 18.6. The minimum atomic E-state index is -0.0857. The van der Waals surface area contributed by atoms with Gasteiger partial charge in [0.15, 0.2) is 11.5 Å². The van der Waals surface area contributed by atoms with Crippen molar-refractivity contribution in [3.05, 3.63) is 48.5 Å². The molecule has 0 radical (unpaired) electrons. The summed E-state index contributed by atoms with van der Waals surface area (Å²) in [7, 11) is 0. The fourth-order valence-electron chi connectivity index (χ4n) is 2.85. The van der Waals surface area contributed by atoms with Crippen molar-refractivity contribution in [2.24, 2.45) is 0 Å². The monoisotopic (exact) mass is 372 g/mol. The number of ether oxygens (including phenoxy) is 2. The molecule has 3 rings (SSSR count). The molecule has 1 atom stereocenters. The van der Waals surface area contributed by atoms with Crippen LogP contribution < -0.4 is 14.8 Å². The number of fused-ring (bicyclic) bond motifs is 1. The molecule has 2 aromatic carbocycles. The number of thioether (sulfide) groups is 1. The minimum absolute atomic E-state index is 0.0257. The van der Waals surface area contributed by atoms with Crippen LogP contribution in [0, 0.1) is 0 Å². The minimum Gasteiger partial charge on any atom is -0.486 e. The summed E-state index contributed by atoms with van der Waals surface area (Å²) >= 11 is 1.65. The van der Waals surface area contributed by atoms with Gasteiger partial charge in [-0.15, -0.1) is 11.8 Å². The summed E-state index contributed by atoms with van der Waals surface area (Å²) in [5, 5.41) is 2.97. The average molecular weight is 372 g/mol. The third-order valence-corrected chi connectivity index (χ3v) is 4.92. The predicted octanol–water partition coefficient (Wildman–Crippen LogP) is 3.51. The number of anilines is 1. The van der Waals surface area contributed by atoms with Gasteiger partial charge < -0.3 is 14.8 Å². The number of nitrogens with zero attached hydrogens (tertiary/aromatic N) is 1. The molecule has 1 aliphatic heterocycles. The third kappa shape index (κ3) is 4.93. The summed E-state index contributed by atoms with van der Waals surface area (Å²) in [5.41, 5.74) is 0.823. The van der Waals surface area contributed by atoms with Gasteiger partial charge in [0, 0.05) is 17.1 Å². The van der Waals surface area contributed by atoms with Gasteiger partial charge in [-0.05, 0) is 43.1 Å². The van der Waals surface area contributed by atoms with Crippen LogP contribution >= 0.6 is 11.8 Å². The molecule has 2 aromatic rings. The third-order valence-electron chi connectivity index (χ3n) is 4.20. The van der Waals surface area contributed by atoms with E-state index in [9.17, 15) is 4.79 Å². The van der Waals surface area contributed by atoms with Gasteiger partial charge in [0.2, 0.25) is 5.91 Å². The van der Waals surface area contributed by atoms with Crippen molar-refractivity contribution in [1.29, 1.82) is 0 Å². The lowest BCUT2D eigenvalue weighted by Gasteiger charge is -2.30. The molecule has 1 aliphatic rings. The predicted molar refractivity (Wildman–Crippen MR) is 105 cm³/mol. The lowest BCUT2D eigenvalue weighted by atomic mass is 10.2. The van der Waals surface area contributed by atoms with Crippen LogP contribution in [0.25, 0.3) is 0 Å². The van der Waals surface area contributed by atoms with Crippen LogP contribution in [0.4, 0.5) is 5.69 Å². The van der Waals surface area contributed by atoms with E-state index in [0.717, 1.165) is 28.6 Å². The van der Waals surface area contributed by atoms with Gasteiger partial charge in [-0.3, -0.25) is 9.69 Å². The number of carbonyl (C=O) groups excluding carboxylic acids is 1. The van der Waals surface area contributed by atoms with Crippen LogP contribution in [0.1, 0.15) is 6.92 Å². The van der Waals surface area contributed by atoms with Gasteiger partial charge in [0.1, 0.15) is 12.7 Å². The first-order valence-corrected chi connectivity index (χ1v) is 9.95. The maximum Gasteiger partial charge on any atom is 0.238 e. The molecule has 6 heteroatoms. The molecule has 0 aromatic heterocycles. The highest BCUT2D eigenvalue weighted by molar-refractivity contribution is 7.98. The van der Waals surface area contributed by atoms with E-state index in [-0.39, 0.29) is 12.0 Å². The van der Waals surface area contributed by atoms with Gasteiger partial charge >= 0.3 is 0 Å². The van der Waals surface area contributed by atoms with Crippen LogP contribution in [-0.2, 0) is 4.79 Å². The topological polar surface area (TPSA) is 50.8 Å². The Hall–Kier alpha value is -2.18. The maximum absolute atomic E-state index is 12.4. The van der Waals surface area contributed by atoms with Crippen LogP contribution in [-0.4, -0.2) is 49.4 Å². The Labute approximate surface area is 158 Å². The van der Waals surface area contributed by atoms with E-state index >= 15 is 0 Å². The standard InChI is InChI=1S/C20H24N2O3S/c1-3-22(12-16-14-24-18-9-4-5-10-19(18)25-16)13-20(23)21-15-7-6-8-17(11-15)26-2/h4-11,16H,3,12-14H2,1-2H3,(H,21,23). The van der Waals surface area contributed by atoms with Crippen molar-refractivity contribution in [3.8, 4) is 11.5 Å². The molecule has 0 spiro atoms. The normalized spacial score (nSPS) is 15.7. The molecule has 1 amide bonds. The Bertz CT molecular complexity index is 753. The van der Waals surface area contributed by atoms with E-state index < -0.39 is 0 Å². The summed E-state index contributed by atoms with van der Waals surface area (Å²) in [4.78, 5) is 15.6. The Morgan fingerprint density at radius 2 is 2.04 bits per heavy atom. The fraction of sp³-hybridized carbons (Fsp3) is 0.350. The number of hydrogen-bond acceptors (Lipinski definition) is 5. The van der Waals surface area contributed by atoms with E-state index in [1.807, 2.05) is 61.7 Å². The Kier molecular flexibility index (Phi) is 6.41. The molecule has 1 heterocycles. The number of para-hydroxylation sites is 2. The number of amides is 1. The quantitative estimate of drug-likeness (QED) is 0.754. The van der Waals surface area contributed by atoms with Crippen LogP contribution in [0.3, 0.4) is 0 Å². The highest BCUT2D eigenvalue weighted by Crippen LogP contribution is 2.31. The molecule has 1 unspecified atom stereocenters. The zero-order chi connectivity index (χ0) is 18.4. The lowest BCUT2D eigenvalue weighted by molar-refractivity contribution is -0.117. The molecule has 0 fully saturated rings. The van der Waals surface area contributed by atoms with Crippen LogP contribution in [0.2, 0.25) is 0 Å². The molecule has 5 nitrogen and oxygen atoms in total. The van der Waals surface area contributed by atoms with Crippen LogP contribution in [0.15, 0.2) is 53.4 Å². The number of nitrogens with one attached hydrogen (secondary N) is 1. The molecule has 0 aliphatic carbocycles. The van der Waals surface area contributed by atoms with E-state index in [1.165, 1.54) is 0 Å². The Morgan fingerprint density at radius 1 is 1.23 bits per heavy atom. The lowest BCUT2D eigenvalue weighted by Crippen LogP contribution is -2.43. The van der Waals surface area contributed by atoms with E-state index in [0.29, 0.717) is 19.7 Å². The second kappa shape index (κ2) is 8.96. The van der Waals surface area contributed by atoms with E-state index in [4.69, 9.17) is 9.47 Å². The SMILES string of the molecule is CCN(CC(=O)Nc1cccc(SC)c1)CC1COc2ccccc2O1. The smallest absolute Gasteiger partial charge is 0.238 e. The summed E-state index contributed by atoms with van der Waals surface area (Å²) < 4.78 is 11.7. The number of likely N-dealkylation sites (N-methyl/N-ethyl adjacent to an activating group) is 1. The zero-order valence-electron chi connectivity index (χ0n) is 15.1. The summed E-state index contributed by atoms with van der Waals surface area (Å²) in [5.74, 6) is 1.51.